The molecule has 0 spiro atoms. The molecule has 2 rings (SSSR count). The van der Waals surface area contributed by atoms with Gasteiger partial charge in [0, 0.05) is 24.2 Å². The first-order chi connectivity index (χ1) is 9.15. The van der Waals surface area contributed by atoms with Gasteiger partial charge >= 0.3 is 5.97 Å². The third-order valence-corrected chi connectivity index (χ3v) is 3.07. The van der Waals surface area contributed by atoms with E-state index in [9.17, 15) is 4.79 Å². The summed E-state index contributed by atoms with van der Waals surface area (Å²) in [6.45, 7) is 4.11. The summed E-state index contributed by atoms with van der Waals surface area (Å²) in [5.74, 6) is 0.184. The van der Waals surface area contributed by atoms with Crippen LogP contribution in [0, 0.1) is 12.8 Å². The second-order valence-corrected chi connectivity index (χ2v) is 4.75. The summed E-state index contributed by atoms with van der Waals surface area (Å²) in [4.78, 5) is 10.6. The van der Waals surface area contributed by atoms with Gasteiger partial charge in [0.2, 0.25) is 0 Å². The molecule has 1 aromatic carbocycles. The zero-order chi connectivity index (χ0) is 13.7. The van der Waals surface area contributed by atoms with Crippen LogP contribution in [0.4, 0.5) is 0 Å². The lowest BCUT2D eigenvalue weighted by molar-refractivity contribution is -0.131. The number of benzene rings is 1. The van der Waals surface area contributed by atoms with E-state index in [0.717, 1.165) is 42.6 Å². The largest absolute Gasteiger partial charge is 0.493 e. The molecule has 0 radical (unpaired) electrons. The van der Waals surface area contributed by atoms with Crippen molar-refractivity contribution in [3.8, 4) is 5.75 Å². The maximum Gasteiger partial charge on any atom is 0.328 e. The number of carbonyl (C=O) groups is 1. The number of carboxylic acids is 1. The molecule has 1 fully saturated rings. The third-order valence-electron chi connectivity index (χ3n) is 3.07. The third kappa shape index (κ3) is 4.10. The van der Waals surface area contributed by atoms with E-state index in [4.69, 9.17) is 14.6 Å². The van der Waals surface area contributed by atoms with Crippen LogP contribution in [0.15, 0.2) is 24.3 Å². The van der Waals surface area contributed by atoms with Gasteiger partial charge in [-0.05, 0) is 31.6 Å². The van der Waals surface area contributed by atoms with Gasteiger partial charge in [-0.15, -0.1) is 0 Å². The Kier molecular flexibility index (Phi) is 4.58. The highest BCUT2D eigenvalue weighted by Crippen LogP contribution is 2.23. The average molecular weight is 262 g/mol. The summed E-state index contributed by atoms with van der Waals surface area (Å²) < 4.78 is 11.1. The molecule has 4 heteroatoms. The van der Waals surface area contributed by atoms with E-state index in [2.05, 4.69) is 0 Å². The number of hydrogen-bond acceptors (Lipinski definition) is 3. The first-order valence-electron chi connectivity index (χ1n) is 6.37. The molecule has 1 atom stereocenters. The van der Waals surface area contributed by atoms with Gasteiger partial charge in [0.15, 0.2) is 0 Å². The number of rotatable bonds is 5. The molecule has 0 bridgehead atoms. The molecule has 1 unspecified atom stereocenters. The molecule has 0 saturated carbocycles. The fourth-order valence-electron chi connectivity index (χ4n) is 2.01. The Morgan fingerprint density at radius 1 is 1.58 bits per heavy atom. The molecule has 19 heavy (non-hydrogen) atoms. The van der Waals surface area contributed by atoms with Gasteiger partial charge in [-0.3, -0.25) is 0 Å². The van der Waals surface area contributed by atoms with Crippen molar-refractivity contribution in [1.29, 1.82) is 0 Å². The molecule has 0 amide bonds. The van der Waals surface area contributed by atoms with E-state index in [0.29, 0.717) is 12.5 Å². The summed E-state index contributed by atoms with van der Waals surface area (Å²) in [6, 6.07) is 5.76. The van der Waals surface area contributed by atoms with Gasteiger partial charge in [-0.25, -0.2) is 4.79 Å². The fourth-order valence-corrected chi connectivity index (χ4v) is 2.01. The second kappa shape index (κ2) is 6.38. The van der Waals surface area contributed by atoms with Crippen LogP contribution in [0.25, 0.3) is 6.08 Å². The first-order valence-corrected chi connectivity index (χ1v) is 6.37. The summed E-state index contributed by atoms with van der Waals surface area (Å²) >= 11 is 0. The zero-order valence-corrected chi connectivity index (χ0v) is 11.0. The van der Waals surface area contributed by atoms with E-state index in [1.165, 1.54) is 0 Å². The topological polar surface area (TPSA) is 55.8 Å². The van der Waals surface area contributed by atoms with Crippen molar-refractivity contribution >= 4 is 12.0 Å². The maximum absolute atomic E-state index is 10.6. The van der Waals surface area contributed by atoms with Crippen LogP contribution in [-0.2, 0) is 9.53 Å². The standard InChI is InChI=1S/C15H18O4/c1-11-2-4-14(13(8-11)3-5-15(16)17)19-10-12-6-7-18-9-12/h2-5,8,12H,6-7,9-10H2,1H3,(H,16,17)/b5-3+. The van der Waals surface area contributed by atoms with E-state index < -0.39 is 5.97 Å². The average Bonchev–Trinajstić information content (AvgIpc) is 2.88. The van der Waals surface area contributed by atoms with Gasteiger partial charge in [-0.2, -0.15) is 0 Å². The molecular formula is C15H18O4. The maximum atomic E-state index is 10.6. The second-order valence-electron chi connectivity index (χ2n) is 4.75. The van der Waals surface area contributed by atoms with Crippen LogP contribution in [0.5, 0.6) is 5.75 Å². The molecule has 0 aliphatic carbocycles. The summed E-state index contributed by atoms with van der Waals surface area (Å²) in [7, 11) is 0. The van der Waals surface area contributed by atoms with E-state index in [-0.39, 0.29) is 0 Å². The number of hydrogen-bond donors (Lipinski definition) is 1. The lowest BCUT2D eigenvalue weighted by atomic mass is 10.1. The Bertz CT molecular complexity index is 473. The quantitative estimate of drug-likeness (QED) is 0.828. The normalized spacial score (nSPS) is 18.9. The molecule has 1 aliphatic heterocycles. The van der Waals surface area contributed by atoms with E-state index in [1.54, 1.807) is 6.08 Å². The number of ether oxygens (including phenoxy) is 2. The monoisotopic (exact) mass is 262 g/mol. The van der Waals surface area contributed by atoms with Crippen molar-refractivity contribution in [2.45, 2.75) is 13.3 Å². The van der Waals surface area contributed by atoms with E-state index in [1.807, 2.05) is 25.1 Å². The fraction of sp³-hybridized carbons (Fsp3) is 0.400. The molecule has 1 aromatic rings. The predicted octanol–water partition coefficient (Wildman–Crippen LogP) is 2.51. The Balaban J connectivity index is 2.07. The minimum Gasteiger partial charge on any atom is -0.493 e. The highest BCUT2D eigenvalue weighted by atomic mass is 16.5. The minimum atomic E-state index is -0.961. The molecule has 1 N–H and O–H groups in total. The van der Waals surface area contributed by atoms with Crippen molar-refractivity contribution in [3.63, 3.8) is 0 Å². The van der Waals surface area contributed by atoms with Crippen LogP contribution in [0.2, 0.25) is 0 Å². The van der Waals surface area contributed by atoms with E-state index >= 15 is 0 Å². The van der Waals surface area contributed by atoms with Crippen molar-refractivity contribution < 1.29 is 19.4 Å². The van der Waals surface area contributed by atoms with Crippen LogP contribution < -0.4 is 4.74 Å². The Morgan fingerprint density at radius 3 is 3.11 bits per heavy atom. The summed E-state index contributed by atoms with van der Waals surface area (Å²) in [5, 5.41) is 8.69. The zero-order valence-electron chi connectivity index (χ0n) is 11.0. The summed E-state index contributed by atoms with van der Waals surface area (Å²) in [6.07, 6.45) is 3.71. The molecular weight excluding hydrogens is 244 g/mol. The first kappa shape index (κ1) is 13.6. The Hall–Kier alpha value is -1.81. The van der Waals surface area contributed by atoms with Crippen molar-refractivity contribution in [3.05, 3.63) is 35.4 Å². The summed E-state index contributed by atoms with van der Waals surface area (Å²) in [5.41, 5.74) is 1.86. The van der Waals surface area contributed by atoms with Crippen molar-refractivity contribution in [2.24, 2.45) is 5.92 Å². The predicted molar refractivity (Wildman–Crippen MR) is 72.3 cm³/mol. The Morgan fingerprint density at radius 2 is 2.42 bits per heavy atom. The lowest BCUT2D eigenvalue weighted by Crippen LogP contribution is -2.12. The molecule has 1 aliphatic rings. The highest BCUT2D eigenvalue weighted by Gasteiger charge is 2.16. The molecule has 1 saturated heterocycles. The molecule has 0 aromatic heterocycles. The lowest BCUT2D eigenvalue weighted by Gasteiger charge is -2.13. The van der Waals surface area contributed by atoms with Crippen LogP contribution in [0.3, 0.4) is 0 Å². The van der Waals surface area contributed by atoms with Gasteiger partial charge in [-0.1, -0.05) is 11.6 Å². The molecule has 4 nitrogen and oxygen atoms in total. The van der Waals surface area contributed by atoms with Gasteiger partial charge in [0.25, 0.3) is 0 Å². The number of aryl methyl sites for hydroxylation is 1. The van der Waals surface area contributed by atoms with Gasteiger partial charge in [0.05, 0.1) is 13.2 Å². The van der Waals surface area contributed by atoms with Crippen molar-refractivity contribution in [2.75, 3.05) is 19.8 Å². The minimum absolute atomic E-state index is 0.428. The SMILES string of the molecule is Cc1ccc(OCC2CCOC2)c(/C=C/C(=O)O)c1. The molecule has 102 valence electrons. The smallest absolute Gasteiger partial charge is 0.328 e. The highest BCUT2D eigenvalue weighted by molar-refractivity contribution is 5.85. The Labute approximate surface area is 112 Å². The van der Waals surface area contributed by atoms with Crippen molar-refractivity contribution in [1.82, 2.24) is 0 Å². The molecule has 1 heterocycles. The number of aliphatic carboxylic acids is 1. The van der Waals surface area contributed by atoms with Gasteiger partial charge in [0.1, 0.15) is 5.75 Å². The van der Waals surface area contributed by atoms with Crippen LogP contribution >= 0.6 is 0 Å². The van der Waals surface area contributed by atoms with Crippen LogP contribution in [0.1, 0.15) is 17.5 Å². The van der Waals surface area contributed by atoms with Gasteiger partial charge < -0.3 is 14.6 Å². The van der Waals surface area contributed by atoms with Crippen LogP contribution in [-0.4, -0.2) is 30.9 Å². The number of carboxylic acid groups (broad SMARTS) is 1.